The van der Waals surface area contributed by atoms with E-state index in [4.69, 9.17) is 4.52 Å². The summed E-state index contributed by atoms with van der Waals surface area (Å²) in [6.07, 6.45) is 18.9. The van der Waals surface area contributed by atoms with Gasteiger partial charge in [-0.1, -0.05) is 94.6 Å². The second kappa shape index (κ2) is 13.3. The number of hydrogen-bond donors (Lipinski definition) is 0. The van der Waals surface area contributed by atoms with Crippen molar-refractivity contribution in [1.29, 1.82) is 0 Å². The zero-order valence-corrected chi connectivity index (χ0v) is 22.2. The zero-order valence-electron chi connectivity index (χ0n) is 21.4. The van der Waals surface area contributed by atoms with Crippen molar-refractivity contribution in [2.75, 3.05) is 0 Å². The molecular weight excluding hydrogens is 434 g/mol. The average Bonchev–Trinajstić information content (AvgIpc) is 3.55. The van der Waals surface area contributed by atoms with E-state index in [1.807, 2.05) is 11.3 Å². The first kappa shape index (κ1) is 25.2. The summed E-state index contributed by atoms with van der Waals surface area (Å²) in [5, 5.41) is 4.39. The highest BCUT2D eigenvalue weighted by molar-refractivity contribution is 7.15. The van der Waals surface area contributed by atoms with Crippen LogP contribution in [0, 0.1) is 5.92 Å². The highest BCUT2D eigenvalue weighted by Crippen LogP contribution is 2.38. The van der Waals surface area contributed by atoms with Crippen molar-refractivity contribution < 1.29 is 4.52 Å². The van der Waals surface area contributed by atoms with Crippen LogP contribution in [-0.4, -0.2) is 5.16 Å². The van der Waals surface area contributed by atoms with Gasteiger partial charge in [0.25, 0.3) is 0 Å². The Balaban J connectivity index is 1.29. The van der Waals surface area contributed by atoms with Gasteiger partial charge in [-0.05, 0) is 68.1 Å². The largest absolute Gasteiger partial charge is 0.355 e. The number of unbranched alkanes of at least 4 members (excludes halogenated alkanes) is 6. The third-order valence-corrected chi connectivity index (χ3v) is 8.84. The minimum absolute atomic E-state index is 0.732. The maximum atomic E-state index is 5.74. The molecule has 0 aliphatic heterocycles. The van der Waals surface area contributed by atoms with Crippen molar-refractivity contribution in [3.8, 4) is 21.9 Å². The zero-order chi connectivity index (χ0) is 23.6. The van der Waals surface area contributed by atoms with Gasteiger partial charge in [-0.25, -0.2) is 0 Å². The quantitative estimate of drug-likeness (QED) is 0.229. The van der Waals surface area contributed by atoms with E-state index in [1.165, 1.54) is 105 Å². The minimum atomic E-state index is 0.732. The summed E-state index contributed by atoms with van der Waals surface area (Å²) in [6.45, 7) is 4.57. The fourth-order valence-electron chi connectivity index (χ4n) is 5.47. The Labute approximate surface area is 211 Å². The van der Waals surface area contributed by atoms with Gasteiger partial charge in [-0.15, -0.1) is 11.3 Å². The topological polar surface area (TPSA) is 26.0 Å². The van der Waals surface area contributed by atoms with E-state index in [0.29, 0.717) is 0 Å². The summed E-state index contributed by atoms with van der Waals surface area (Å²) in [6, 6.07) is 15.7. The summed E-state index contributed by atoms with van der Waals surface area (Å²) < 4.78 is 5.74. The summed E-state index contributed by atoms with van der Waals surface area (Å²) in [7, 11) is 0. The molecule has 34 heavy (non-hydrogen) atoms. The van der Waals surface area contributed by atoms with Gasteiger partial charge >= 0.3 is 0 Å². The van der Waals surface area contributed by atoms with E-state index in [1.54, 1.807) is 0 Å². The van der Waals surface area contributed by atoms with Crippen LogP contribution in [0.15, 0.2) is 47.0 Å². The smallest absolute Gasteiger partial charge is 0.177 e. The first-order valence-corrected chi connectivity index (χ1v) is 14.7. The molecule has 0 atom stereocenters. The van der Waals surface area contributed by atoms with E-state index in [0.717, 1.165) is 28.9 Å². The Kier molecular flexibility index (Phi) is 9.85. The van der Waals surface area contributed by atoms with Crippen molar-refractivity contribution in [3.63, 3.8) is 0 Å². The molecule has 3 heteroatoms. The molecule has 0 bridgehead atoms. The Hall–Kier alpha value is -1.87. The fourth-order valence-corrected chi connectivity index (χ4v) is 6.47. The van der Waals surface area contributed by atoms with Crippen LogP contribution in [0.3, 0.4) is 0 Å². The van der Waals surface area contributed by atoms with E-state index < -0.39 is 0 Å². The molecule has 2 aromatic heterocycles. The summed E-state index contributed by atoms with van der Waals surface area (Å²) in [5.41, 5.74) is 3.59. The second-order valence-corrected chi connectivity index (χ2v) is 11.5. The van der Waals surface area contributed by atoms with Crippen molar-refractivity contribution in [2.24, 2.45) is 5.92 Å². The summed E-state index contributed by atoms with van der Waals surface area (Å²) in [5.74, 6) is 2.59. The maximum absolute atomic E-state index is 5.74. The molecular formula is C31H43NOS. The van der Waals surface area contributed by atoms with E-state index in [2.05, 4.69) is 61.5 Å². The molecule has 2 nitrogen and oxygen atoms in total. The molecule has 0 amide bonds. The van der Waals surface area contributed by atoms with Crippen LogP contribution in [0.2, 0.25) is 0 Å². The lowest BCUT2D eigenvalue weighted by Crippen LogP contribution is -2.13. The maximum Gasteiger partial charge on any atom is 0.177 e. The Bertz CT molecular complexity index is 961. The number of aryl methyl sites for hydroxylation is 1. The van der Waals surface area contributed by atoms with Gasteiger partial charge < -0.3 is 4.52 Å². The molecule has 2 heterocycles. The SMILES string of the molecule is CCCCCCCc1ccc(-c2cc(-c3ccc(C4CCC(CCCCC)CC4)cc3)no2)s1. The first-order chi connectivity index (χ1) is 16.8. The number of nitrogens with zero attached hydrogens (tertiary/aromatic N) is 1. The highest BCUT2D eigenvalue weighted by atomic mass is 32.1. The van der Waals surface area contributed by atoms with Crippen molar-refractivity contribution >= 4 is 11.3 Å². The number of aromatic nitrogens is 1. The first-order valence-electron chi connectivity index (χ1n) is 13.9. The second-order valence-electron chi connectivity index (χ2n) is 10.3. The van der Waals surface area contributed by atoms with Crippen LogP contribution in [-0.2, 0) is 6.42 Å². The van der Waals surface area contributed by atoms with Gasteiger partial charge in [-0.2, -0.15) is 0 Å². The number of thiophene rings is 1. The van der Waals surface area contributed by atoms with Gasteiger partial charge in [-0.3, -0.25) is 0 Å². The van der Waals surface area contributed by atoms with Gasteiger partial charge in [0, 0.05) is 16.5 Å². The van der Waals surface area contributed by atoms with E-state index in [9.17, 15) is 0 Å². The predicted molar refractivity (Wildman–Crippen MR) is 147 cm³/mol. The molecule has 1 aliphatic carbocycles. The summed E-state index contributed by atoms with van der Waals surface area (Å²) in [4.78, 5) is 2.64. The third-order valence-electron chi connectivity index (χ3n) is 7.68. The van der Waals surface area contributed by atoms with Crippen LogP contribution in [0.5, 0.6) is 0 Å². The monoisotopic (exact) mass is 477 g/mol. The molecule has 1 saturated carbocycles. The molecule has 3 aromatic rings. The van der Waals surface area contributed by atoms with Crippen molar-refractivity contribution in [3.05, 3.63) is 52.9 Å². The highest BCUT2D eigenvalue weighted by Gasteiger charge is 2.22. The molecule has 1 fully saturated rings. The number of rotatable bonds is 13. The van der Waals surface area contributed by atoms with Crippen LogP contribution in [0.1, 0.15) is 114 Å². The van der Waals surface area contributed by atoms with Gasteiger partial charge in [0.15, 0.2) is 5.76 Å². The molecule has 0 N–H and O–H groups in total. The molecule has 1 aromatic carbocycles. The Morgan fingerprint density at radius 1 is 0.824 bits per heavy atom. The lowest BCUT2D eigenvalue weighted by molar-refractivity contribution is 0.303. The van der Waals surface area contributed by atoms with Crippen LogP contribution in [0.4, 0.5) is 0 Å². The van der Waals surface area contributed by atoms with Crippen LogP contribution < -0.4 is 0 Å². The standard InChI is InChI=1S/C31H43NOS/c1-3-5-7-8-10-12-28-21-22-31(34-28)30-23-29(32-33-30)27-19-17-26(18-20-27)25-15-13-24(14-16-25)11-9-6-4-2/h17-25H,3-16H2,1-2H3. The molecule has 0 spiro atoms. The molecule has 0 unspecified atom stereocenters. The van der Waals surface area contributed by atoms with Gasteiger partial charge in [0.05, 0.1) is 4.88 Å². The van der Waals surface area contributed by atoms with Gasteiger partial charge in [0.2, 0.25) is 0 Å². The number of hydrogen-bond acceptors (Lipinski definition) is 3. The van der Waals surface area contributed by atoms with Gasteiger partial charge in [0.1, 0.15) is 5.69 Å². The molecule has 4 rings (SSSR count). The van der Waals surface area contributed by atoms with E-state index in [-0.39, 0.29) is 0 Å². The lowest BCUT2D eigenvalue weighted by Gasteiger charge is -2.29. The molecule has 1 aliphatic rings. The normalized spacial score (nSPS) is 18.4. The average molecular weight is 478 g/mol. The van der Waals surface area contributed by atoms with Crippen molar-refractivity contribution in [1.82, 2.24) is 5.16 Å². The fraction of sp³-hybridized carbons (Fsp3) is 0.581. The lowest BCUT2D eigenvalue weighted by atomic mass is 9.77. The minimum Gasteiger partial charge on any atom is -0.355 e. The number of benzene rings is 1. The Morgan fingerprint density at radius 3 is 2.32 bits per heavy atom. The van der Waals surface area contributed by atoms with Crippen molar-refractivity contribution in [2.45, 2.75) is 110 Å². The summed E-state index contributed by atoms with van der Waals surface area (Å²) >= 11 is 1.85. The predicted octanol–water partition coefficient (Wildman–Crippen LogP) is 10.4. The third kappa shape index (κ3) is 7.07. The van der Waals surface area contributed by atoms with Crippen LogP contribution in [0.25, 0.3) is 21.9 Å². The van der Waals surface area contributed by atoms with E-state index >= 15 is 0 Å². The Morgan fingerprint density at radius 2 is 1.56 bits per heavy atom. The molecule has 0 radical (unpaired) electrons. The molecule has 184 valence electrons. The van der Waals surface area contributed by atoms with Crippen LogP contribution >= 0.6 is 11.3 Å². The molecule has 0 saturated heterocycles.